The second-order valence-electron chi connectivity index (χ2n) is 3.21. The number of hydrogen-bond donors (Lipinski definition) is 1. The van der Waals surface area contributed by atoms with Gasteiger partial charge < -0.3 is 14.5 Å². The summed E-state index contributed by atoms with van der Waals surface area (Å²) in [4.78, 5) is 19.1. The molecule has 2 aromatic rings. The fourth-order valence-electron chi connectivity index (χ4n) is 1.22. The third-order valence-corrected chi connectivity index (χ3v) is 2.07. The summed E-state index contributed by atoms with van der Waals surface area (Å²) in [5.74, 6) is 0.855. The first-order valence-electron chi connectivity index (χ1n) is 4.96. The molecule has 0 saturated carbocycles. The van der Waals surface area contributed by atoms with Gasteiger partial charge in [0, 0.05) is 0 Å². The van der Waals surface area contributed by atoms with Crippen LogP contribution >= 0.6 is 0 Å². The summed E-state index contributed by atoms with van der Waals surface area (Å²) in [6.45, 7) is 0.513. The van der Waals surface area contributed by atoms with Gasteiger partial charge in [0.2, 0.25) is 0 Å². The summed E-state index contributed by atoms with van der Waals surface area (Å²) >= 11 is 0. The molecule has 2 rings (SSSR count). The van der Waals surface area contributed by atoms with Crippen molar-refractivity contribution in [3.8, 4) is 0 Å². The van der Waals surface area contributed by atoms with Gasteiger partial charge in [-0.3, -0.25) is 0 Å². The molecule has 0 bridgehead atoms. The lowest BCUT2D eigenvalue weighted by atomic mass is 10.4. The molecule has 1 N–H and O–H groups in total. The molecule has 0 spiro atoms. The third kappa shape index (κ3) is 2.81. The number of methoxy groups -OCH3 is 1. The van der Waals surface area contributed by atoms with E-state index in [-0.39, 0.29) is 5.69 Å². The predicted molar refractivity (Wildman–Crippen MR) is 59.4 cm³/mol. The molecule has 0 aliphatic rings. The largest absolute Gasteiger partial charge is 0.467 e. The Bertz CT molecular complexity index is 479. The molecule has 0 aliphatic heterocycles. The number of rotatable bonds is 4. The van der Waals surface area contributed by atoms with Gasteiger partial charge in [-0.1, -0.05) is 0 Å². The molecule has 0 aromatic carbocycles. The Morgan fingerprint density at radius 1 is 1.47 bits per heavy atom. The van der Waals surface area contributed by atoms with Crippen LogP contribution < -0.4 is 5.32 Å². The lowest BCUT2D eigenvalue weighted by Crippen LogP contribution is -2.07. The van der Waals surface area contributed by atoms with Gasteiger partial charge >= 0.3 is 5.97 Å². The standard InChI is InChI=1S/C11H11N3O3/c1-16-11(15)9-6-14-10(7-12-9)13-5-8-3-2-4-17-8/h2-4,6-7H,5H2,1H3,(H,13,14). The number of nitrogens with zero attached hydrogens (tertiary/aromatic N) is 2. The summed E-state index contributed by atoms with van der Waals surface area (Å²) in [6, 6.07) is 3.66. The SMILES string of the molecule is COC(=O)c1cnc(NCc2ccco2)cn1. The molecule has 2 heterocycles. The molecule has 2 aromatic heterocycles. The molecule has 6 heteroatoms. The smallest absolute Gasteiger partial charge is 0.358 e. The van der Waals surface area contributed by atoms with E-state index in [0.717, 1.165) is 5.76 Å². The third-order valence-electron chi connectivity index (χ3n) is 2.07. The van der Waals surface area contributed by atoms with Crippen molar-refractivity contribution in [2.24, 2.45) is 0 Å². The lowest BCUT2D eigenvalue weighted by Gasteiger charge is -2.03. The molecule has 0 fully saturated rings. The van der Waals surface area contributed by atoms with Crippen LogP contribution in [-0.2, 0) is 11.3 Å². The van der Waals surface area contributed by atoms with E-state index in [1.54, 1.807) is 6.26 Å². The normalized spacial score (nSPS) is 9.94. The quantitative estimate of drug-likeness (QED) is 0.806. The zero-order valence-electron chi connectivity index (χ0n) is 9.21. The van der Waals surface area contributed by atoms with Gasteiger partial charge in [0.15, 0.2) is 5.69 Å². The van der Waals surface area contributed by atoms with Crippen LogP contribution in [-0.4, -0.2) is 23.0 Å². The summed E-state index contributed by atoms with van der Waals surface area (Å²) in [7, 11) is 1.30. The Kier molecular flexibility index (Phi) is 3.34. The van der Waals surface area contributed by atoms with Crippen LogP contribution in [0, 0.1) is 0 Å². The summed E-state index contributed by atoms with van der Waals surface area (Å²) in [5.41, 5.74) is 0.177. The molecule has 0 saturated heterocycles. The number of carbonyl (C=O) groups excluding carboxylic acids is 1. The number of anilines is 1. The minimum absolute atomic E-state index is 0.177. The van der Waals surface area contributed by atoms with E-state index in [2.05, 4.69) is 20.0 Å². The number of nitrogens with one attached hydrogen (secondary N) is 1. The first-order chi connectivity index (χ1) is 8.29. The van der Waals surface area contributed by atoms with Crippen molar-refractivity contribution in [1.82, 2.24) is 9.97 Å². The summed E-state index contributed by atoms with van der Waals surface area (Å²) in [5, 5.41) is 3.01. The van der Waals surface area contributed by atoms with Crippen LogP contribution in [0.15, 0.2) is 35.2 Å². The second-order valence-corrected chi connectivity index (χ2v) is 3.21. The van der Waals surface area contributed by atoms with Gasteiger partial charge in [-0.05, 0) is 12.1 Å². The number of aromatic nitrogens is 2. The van der Waals surface area contributed by atoms with Crippen LogP contribution in [0.1, 0.15) is 16.2 Å². The Hall–Kier alpha value is -2.37. The monoisotopic (exact) mass is 233 g/mol. The Morgan fingerprint density at radius 2 is 2.35 bits per heavy atom. The fraction of sp³-hybridized carbons (Fsp3) is 0.182. The molecule has 6 nitrogen and oxygen atoms in total. The Labute approximate surface area is 97.6 Å². The van der Waals surface area contributed by atoms with Crippen molar-refractivity contribution in [3.05, 3.63) is 42.2 Å². The highest BCUT2D eigenvalue weighted by Crippen LogP contribution is 2.06. The zero-order chi connectivity index (χ0) is 12.1. The fourth-order valence-corrected chi connectivity index (χ4v) is 1.22. The molecule has 0 unspecified atom stereocenters. The minimum Gasteiger partial charge on any atom is -0.467 e. The summed E-state index contributed by atoms with van der Waals surface area (Å²) in [6.07, 6.45) is 4.43. The molecule has 88 valence electrons. The molecule has 0 atom stereocenters. The second kappa shape index (κ2) is 5.11. The van der Waals surface area contributed by atoms with Gasteiger partial charge in [0.25, 0.3) is 0 Å². The van der Waals surface area contributed by atoms with Crippen molar-refractivity contribution < 1.29 is 13.9 Å². The predicted octanol–water partition coefficient (Wildman–Crippen LogP) is 1.47. The van der Waals surface area contributed by atoms with Crippen LogP contribution in [0.5, 0.6) is 0 Å². The highest BCUT2D eigenvalue weighted by Gasteiger charge is 2.07. The molecular formula is C11H11N3O3. The number of carbonyl (C=O) groups is 1. The van der Waals surface area contributed by atoms with Crippen molar-refractivity contribution in [1.29, 1.82) is 0 Å². The maximum Gasteiger partial charge on any atom is 0.358 e. The van der Waals surface area contributed by atoms with Gasteiger partial charge in [-0.2, -0.15) is 0 Å². The van der Waals surface area contributed by atoms with E-state index in [1.807, 2.05) is 12.1 Å². The maximum atomic E-state index is 11.1. The first-order valence-corrected chi connectivity index (χ1v) is 4.96. The van der Waals surface area contributed by atoms with Crippen LogP contribution in [0.25, 0.3) is 0 Å². The van der Waals surface area contributed by atoms with Crippen molar-refractivity contribution >= 4 is 11.8 Å². The van der Waals surface area contributed by atoms with E-state index >= 15 is 0 Å². The van der Waals surface area contributed by atoms with Crippen molar-refractivity contribution in [2.45, 2.75) is 6.54 Å². The molecule has 17 heavy (non-hydrogen) atoms. The van der Waals surface area contributed by atoms with E-state index in [1.165, 1.54) is 19.5 Å². The molecule has 0 aliphatic carbocycles. The average molecular weight is 233 g/mol. The van der Waals surface area contributed by atoms with Crippen LogP contribution in [0.3, 0.4) is 0 Å². The van der Waals surface area contributed by atoms with Crippen molar-refractivity contribution in [2.75, 3.05) is 12.4 Å². The van der Waals surface area contributed by atoms with Gasteiger partial charge in [-0.25, -0.2) is 14.8 Å². The Morgan fingerprint density at radius 3 is 2.94 bits per heavy atom. The highest BCUT2D eigenvalue weighted by atomic mass is 16.5. The number of esters is 1. The van der Waals surface area contributed by atoms with Crippen LogP contribution in [0.4, 0.5) is 5.82 Å². The number of hydrogen-bond acceptors (Lipinski definition) is 6. The van der Waals surface area contributed by atoms with Gasteiger partial charge in [-0.15, -0.1) is 0 Å². The highest BCUT2D eigenvalue weighted by molar-refractivity contribution is 5.86. The first kappa shape index (κ1) is 11.1. The van der Waals surface area contributed by atoms with Crippen molar-refractivity contribution in [3.63, 3.8) is 0 Å². The summed E-state index contributed by atoms with van der Waals surface area (Å²) < 4.78 is 9.67. The van der Waals surface area contributed by atoms with Gasteiger partial charge in [0.1, 0.15) is 11.6 Å². The van der Waals surface area contributed by atoms with E-state index in [9.17, 15) is 4.79 Å². The van der Waals surface area contributed by atoms with E-state index in [0.29, 0.717) is 12.4 Å². The molecule has 0 amide bonds. The topological polar surface area (TPSA) is 77.2 Å². The van der Waals surface area contributed by atoms with E-state index in [4.69, 9.17) is 4.42 Å². The zero-order valence-corrected chi connectivity index (χ0v) is 9.21. The molecular weight excluding hydrogens is 222 g/mol. The lowest BCUT2D eigenvalue weighted by molar-refractivity contribution is 0.0593. The number of furan rings is 1. The van der Waals surface area contributed by atoms with Crippen LogP contribution in [0.2, 0.25) is 0 Å². The Balaban J connectivity index is 1.96. The van der Waals surface area contributed by atoms with Gasteiger partial charge in [0.05, 0.1) is 32.3 Å². The minimum atomic E-state index is -0.505. The maximum absolute atomic E-state index is 11.1. The molecule has 0 radical (unpaired) electrons. The average Bonchev–Trinajstić information content (AvgIpc) is 2.89. The van der Waals surface area contributed by atoms with E-state index < -0.39 is 5.97 Å². The number of ether oxygens (including phenoxy) is 1.